The molecule has 2 aromatic heterocycles. The van der Waals surface area contributed by atoms with E-state index in [0.717, 1.165) is 16.7 Å². The second-order valence-corrected chi connectivity index (χ2v) is 3.56. The molecule has 0 aromatic carbocycles. The summed E-state index contributed by atoms with van der Waals surface area (Å²) in [5.74, 6) is 0. The second kappa shape index (κ2) is 4.28. The van der Waals surface area contributed by atoms with Gasteiger partial charge in [0.05, 0.1) is 6.61 Å². The number of aliphatic hydroxyl groups excluding tert-OH is 1. The van der Waals surface area contributed by atoms with Crippen LogP contribution in [0.4, 0.5) is 0 Å². The molecule has 2 aromatic rings. The first-order valence-corrected chi connectivity index (χ1v) is 4.93. The van der Waals surface area contributed by atoms with Crippen LogP contribution in [0.15, 0.2) is 41.6 Å². The van der Waals surface area contributed by atoms with Crippen molar-refractivity contribution in [3.8, 4) is 11.1 Å². The lowest BCUT2D eigenvalue weighted by molar-refractivity contribution is 0.282. The lowest BCUT2D eigenvalue weighted by atomic mass is 10.0. The SMILES string of the molecule is Cn1cc(-c2ccncc2CO)ccc1=O. The zero-order valence-corrected chi connectivity index (χ0v) is 8.92. The highest BCUT2D eigenvalue weighted by Gasteiger charge is 2.04. The number of aromatic nitrogens is 2. The largest absolute Gasteiger partial charge is 0.392 e. The number of aryl methyl sites for hydroxylation is 1. The molecule has 0 saturated heterocycles. The molecule has 0 radical (unpaired) electrons. The van der Waals surface area contributed by atoms with Crippen LogP contribution in [0.3, 0.4) is 0 Å². The summed E-state index contributed by atoms with van der Waals surface area (Å²) >= 11 is 0. The summed E-state index contributed by atoms with van der Waals surface area (Å²) in [6, 6.07) is 5.08. The zero-order valence-electron chi connectivity index (χ0n) is 8.92. The van der Waals surface area contributed by atoms with Crippen molar-refractivity contribution in [1.29, 1.82) is 0 Å². The predicted octanol–water partition coefficient (Wildman–Crippen LogP) is 0.940. The molecule has 2 rings (SSSR count). The molecule has 1 N–H and O–H groups in total. The molecule has 0 aliphatic rings. The smallest absolute Gasteiger partial charge is 0.250 e. The van der Waals surface area contributed by atoms with Gasteiger partial charge < -0.3 is 9.67 Å². The zero-order chi connectivity index (χ0) is 11.5. The molecular weight excluding hydrogens is 204 g/mol. The van der Waals surface area contributed by atoms with Crippen molar-refractivity contribution < 1.29 is 5.11 Å². The van der Waals surface area contributed by atoms with Crippen LogP contribution in [0, 0.1) is 0 Å². The fraction of sp³-hybridized carbons (Fsp3) is 0.167. The summed E-state index contributed by atoms with van der Waals surface area (Å²) < 4.78 is 1.51. The number of aliphatic hydroxyl groups is 1. The van der Waals surface area contributed by atoms with Gasteiger partial charge in [-0.05, 0) is 23.3 Å². The normalized spacial score (nSPS) is 10.4. The van der Waals surface area contributed by atoms with Crippen LogP contribution < -0.4 is 5.56 Å². The molecule has 0 fully saturated rings. The maximum absolute atomic E-state index is 11.3. The minimum Gasteiger partial charge on any atom is -0.392 e. The van der Waals surface area contributed by atoms with Gasteiger partial charge in [-0.15, -0.1) is 0 Å². The average Bonchev–Trinajstić information content (AvgIpc) is 2.32. The molecule has 4 heteroatoms. The number of hydrogen-bond donors (Lipinski definition) is 1. The Balaban J connectivity index is 2.58. The Morgan fingerprint density at radius 3 is 2.88 bits per heavy atom. The Kier molecular flexibility index (Phi) is 2.83. The van der Waals surface area contributed by atoms with E-state index >= 15 is 0 Å². The average molecular weight is 216 g/mol. The second-order valence-electron chi connectivity index (χ2n) is 3.56. The number of pyridine rings is 2. The van der Waals surface area contributed by atoms with Crippen LogP contribution in [-0.2, 0) is 13.7 Å². The molecule has 0 bridgehead atoms. The third-order valence-corrected chi connectivity index (χ3v) is 2.47. The molecule has 0 aliphatic carbocycles. The van der Waals surface area contributed by atoms with E-state index in [2.05, 4.69) is 4.98 Å². The molecular formula is C12H12N2O2. The number of nitrogens with zero attached hydrogens (tertiary/aromatic N) is 2. The first kappa shape index (κ1) is 10.6. The standard InChI is InChI=1S/C12H12N2O2/c1-14-7-9(2-3-12(14)16)11-4-5-13-6-10(11)8-15/h2-7,15H,8H2,1H3. The highest BCUT2D eigenvalue weighted by molar-refractivity contribution is 5.65. The van der Waals surface area contributed by atoms with Crippen molar-refractivity contribution in [1.82, 2.24) is 9.55 Å². The summed E-state index contributed by atoms with van der Waals surface area (Å²) in [5, 5.41) is 9.20. The van der Waals surface area contributed by atoms with E-state index in [0.29, 0.717) is 0 Å². The van der Waals surface area contributed by atoms with Crippen LogP contribution in [-0.4, -0.2) is 14.7 Å². The molecule has 0 amide bonds. The van der Waals surface area contributed by atoms with E-state index < -0.39 is 0 Å². The Labute approximate surface area is 92.8 Å². The van der Waals surface area contributed by atoms with Crippen LogP contribution >= 0.6 is 0 Å². The third kappa shape index (κ3) is 1.87. The maximum atomic E-state index is 11.3. The van der Waals surface area contributed by atoms with Crippen LogP contribution in [0.5, 0.6) is 0 Å². The summed E-state index contributed by atoms with van der Waals surface area (Å²) in [4.78, 5) is 15.2. The van der Waals surface area contributed by atoms with E-state index in [1.807, 2.05) is 6.07 Å². The summed E-state index contributed by atoms with van der Waals surface area (Å²) in [7, 11) is 1.70. The Morgan fingerprint density at radius 1 is 1.38 bits per heavy atom. The summed E-state index contributed by atoms with van der Waals surface area (Å²) in [6.45, 7) is -0.0635. The molecule has 0 spiro atoms. The minimum absolute atomic E-state index is 0.0524. The molecule has 16 heavy (non-hydrogen) atoms. The van der Waals surface area contributed by atoms with Crippen molar-refractivity contribution >= 4 is 0 Å². The Morgan fingerprint density at radius 2 is 2.19 bits per heavy atom. The maximum Gasteiger partial charge on any atom is 0.250 e. The van der Waals surface area contributed by atoms with Gasteiger partial charge in [-0.25, -0.2) is 0 Å². The van der Waals surface area contributed by atoms with Crippen LogP contribution in [0.1, 0.15) is 5.56 Å². The van der Waals surface area contributed by atoms with Gasteiger partial charge in [0, 0.05) is 37.3 Å². The van der Waals surface area contributed by atoms with Crippen LogP contribution in [0.25, 0.3) is 11.1 Å². The van der Waals surface area contributed by atoms with Gasteiger partial charge in [0.2, 0.25) is 5.56 Å². The fourth-order valence-corrected chi connectivity index (χ4v) is 1.59. The van der Waals surface area contributed by atoms with Gasteiger partial charge in [-0.3, -0.25) is 9.78 Å². The lowest BCUT2D eigenvalue weighted by Crippen LogP contribution is -2.14. The molecule has 0 saturated carbocycles. The Bertz CT molecular complexity index is 561. The summed E-state index contributed by atoms with van der Waals surface area (Å²) in [5.41, 5.74) is 2.49. The lowest BCUT2D eigenvalue weighted by Gasteiger charge is -2.07. The van der Waals surface area contributed by atoms with Gasteiger partial charge in [0.15, 0.2) is 0 Å². The van der Waals surface area contributed by atoms with Crippen molar-refractivity contribution in [2.45, 2.75) is 6.61 Å². The van der Waals surface area contributed by atoms with Gasteiger partial charge in [-0.1, -0.05) is 0 Å². The predicted molar refractivity (Wildman–Crippen MR) is 60.8 cm³/mol. The number of hydrogen-bond acceptors (Lipinski definition) is 3. The molecule has 0 atom stereocenters. The molecule has 2 heterocycles. The van der Waals surface area contributed by atoms with E-state index in [1.54, 1.807) is 31.7 Å². The van der Waals surface area contributed by atoms with Crippen LogP contribution in [0.2, 0.25) is 0 Å². The van der Waals surface area contributed by atoms with E-state index in [1.165, 1.54) is 10.6 Å². The highest BCUT2D eigenvalue weighted by atomic mass is 16.3. The van der Waals surface area contributed by atoms with E-state index in [4.69, 9.17) is 0 Å². The first-order valence-electron chi connectivity index (χ1n) is 4.93. The molecule has 82 valence electrons. The molecule has 0 unspecified atom stereocenters. The highest BCUT2D eigenvalue weighted by Crippen LogP contribution is 2.21. The quantitative estimate of drug-likeness (QED) is 0.812. The van der Waals surface area contributed by atoms with Crippen molar-refractivity contribution in [2.24, 2.45) is 7.05 Å². The number of rotatable bonds is 2. The van der Waals surface area contributed by atoms with Gasteiger partial charge in [0.25, 0.3) is 0 Å². The first-order chi connectivity index (χ1) is 7.72. The fourth-order valence-electron chi connectivity index (χ4n) is 1.59. The topological polar surface area (TPSA) is 55.1 Å². The molecule has 0 aliphatic heterocycles. The third-order valence-electron chi connectivity index (χ3n) is 2.47. The van der Waals surface area contributed by atoms with Crippen molar-refractivity contribution in [3.63, 3.8) is 0 Å². The Hall–Kier alpha value is -1.94. The van der Waals surface area contributed by atoms with Crippen molar-refractivity contribution in [3.05, 3.63) is 52.7 Å². The van der Waals surface area contributed by atoms with Crippen molar-refractivity contribution in [2.75, 3.05) is 0 Å². The van der Waals surface area contributed by atoms with E-state index in [-0.39, 0.29) is 12.2 Å². The minimum atomic E-state index is -0.0635. The van der Waals surface area contributed by atoms with E-state index in [9.17, 15) is 9.90 Å². The summed E-state index contributed by atoms with van der Waals surface area (Å²) in [6.07, 6.45) is 5.04. The van der Waals surface area contributed by atoms with Gasteiger partial charge in [0.1, 0.15) is 0 Å². The van der Waals surface area contributed by atoms with Gasteiger partial charge >= 0.3 is 0 Å². The molecule has 4 nitrogen and oxygen atoms in total. The monoisotopic (exact) mass is 216 g/mol. The van der Waals surface area contributed by atoms with Gasteiger partial charge in [-0.2, -0.15) is 0 Å².